The molecule has 1 aliphatic rings. The Kier molecular flexibility index (Phi) is 4.94. The Labute approximate surface area is 178 Å². The van der Waals surface area contributed by atoms with Gasteiger partial charge in [-0.25, -0.2) is 0 Å². The number of rotatable bonds is 6. The van der Waals surface area contributed by atoms with Crippen LogP contribution in [0.1, 0.15) is 12.0 Å². The molecule has 0 N–H and O–H groups in total. The first-order valence-corrected chi connectivity index (χ1v) is 10.2. The normalized spacial score (nSPS) is 13.5. The zero-order valence-corrected chi connectivity index (χ0v) is 17.2. The predicted octanol–water partition coefficient (Wildman–Crippen LogP) is 4.48. The monoisotopic (exact) mass is 419 g/mol. The minimum Gasteiger partial charge on any atom is -0.497 e. The second-order valence-corrected chi connectivity index (χ2v) is 7.49. The van der Waals surface area contributed by atoms with Gasteiger partial charge in [0.15, 0.2) is 12.4 Å². The van der Waals surface area contributed by atoms with Crippen LogP contribution in [0.4, 0.5) is 10.1 Å². The summed E-state index contributed by atoms with van der Waals surface area (Å²) < 4.78 is 26.1. The second-order valence-electron chi connectivity index (χ2n) is 7.49. The molecule has 0 unspecified atom stereocenters. The Hall–Kier alpha value is -3.61. The number of hydrogen-bond donors (Lipinski definition) is 0. The molecule has 4 aromatic rings. The molecule has 2 aromatic carbocycles. The van der Waals surface area contributed by atoms with Gasteiger partial charge in [-0.2, -0.15) is 0 Å². The molecule has 0 saturated heterocycles. The van der Waals surface area contributed by atoms with Gasteiger partial charge >= 0.3 is 0 Å². The number of anilines is 1. The number of benzene rings is 2. The summed E-state index contributed by atoms with van der Waals surface area (Å²) in [6.45, 7) is 0.563. The first-order valence-electron chi connectivity index (χ1n) is 10.2. The first kappa shape index (κ1) is 19.4. The fraction of sp³-hybridized carbons (Fsp3) is 0.250. The van der Waals surface area contributed by atoms with E-state index in [1.54, 1.807) is 18.2 Å². The Bertz CT molecular complexity index is 1270. The van der Waals surface area contributed by atoms with Crippen molar-refractivity contribution in [2.45, 2.75) is 19.5 Å². The Morgan fingerprint density at radius 2 is 1.97 bits per heavy atom. The molecule has 6 nitrogen and oxygen atoms in total. The molecule has 31 heavy (non-hydrogen) atoms. The summed E-state index contributed by atoms with van der Waals surface area (Å²) in [4.78, 5) is 19.1. The van der Waals surface area contributed by atoms with E-state index in [0.717, 1.165) is 38.9 Å². The lowest BCUT2D eigenvalue weighted by Crippen LogP contribution is -2.38. The van der Waals surface area contributed by atoms with E-state index in [-0.39, 0.29) is 19.2 Å². The van der Waals surface area contributed by atoms with Crippen molar-refractivity contribution in [1.82, 2.24) is 9.55 Å². The number of ether oxygens (including phenoxy) is 2. The van der Waals surface area contributed by atoms with Crippen LogP contribution >= 0.6 is 0 Å². The van der Waals surface area contributed by atoms with E-state index in [4.69, 9.17) is 9.47 Å². The van der Waals surface area contributed by atoms with Crippen molar-refractivity contribution in [3.05, 3.63) is 60.3 Å². The van der Waals surface area contributed by atoms with Crippen molar-refractivity contribution in [3.63, 3.8) is 0 Å². The molecule has 5 rings (SSSR count). The maximum atomic E-state index is 12.9. The highest BCUT2D eigenvalue weighted by molar-refractivity contribution is 6.13. The van der Waals surface area contributed by atoms with Crippen LogP contribution in [0.25, 0.3) is 21.9 Å². The van der Waals surface area contributed by atoms with Gasteiger partial charge in [-0.1, -0.05) is 12.1 Å². The minimum atomic E-state index is -0.382. The number of nitrogens with zero attached hydrogens (tertiary/aromatic N) is 3. The molecule has 0 aliphatic carbocycles. The number of methoxy groups -OCH3 is 1. The van der Waals surface area contributed by atoms with Gasteiger partial charge < -0.3 is 18.9 Å². The van der Waals surface area contributed by atoms with E-state index in [0.29, 0.717) is 25.3 Å². The van der Waals surface area contributed by atoms with Crippen molar-refractivity contribution in [1.29, 1.82) is 0 Å². The Morgan fingerprint density at radius 1 is 1.13 bits per heavy atom. The Balaban J connectivity index is 1.63. The van der Waals surface area contributed by atoms with Crippen LogP contribution in [0.3, 0.4) is 0 Å². The molecule has 0 radical (unpaired) electrons. The molecule has 0 saturated carbocycles. The molecule has 2 aromatic heterocycles. The highest BCUT2D eigenvalue weighted by Crippen LogP contribution is 2.43. The largest absolute Gasteiger partial charge is 0.497 e. The molecular formula is C24H22FN3O3. The lowest BCUT2D eigenvalue weighted by molar-refractivity contribution is -0.121. The third kappa shape index (κ3) is 3.26. The van der Waals surface area contributed by atoms with Crippen LogP contribution in [0.15, 0.2) is 54.7 Å². The van der Waals surface area contributed by atoms with E-state index in [2.05, 4.69) is 9.55 Å². The van der Waals surface area contributed by atoms with Crippen molar-refractivity contribution in [2.24, 2.45) is 0 Å². The highest BCUT2D eigenvalue weighted by atomic mass is 19.1. The third-order valence-corrected chi connectivity index (χ3v) is 5.67. The summed E-state index contributed by atoms with van der Waals surface area (Å²) in [5.41, 5.74) is 4.37. The second kappa shape index (κ2) is 7.91. The van der Waals surface area contributed by atoms with Crippen LogP contribution in [-0.4, -0.2) is 35.8 Å². The standard InChI is InChI=1S/C24H22FN3O3/c1-30-17-7-5-16(6-8-17)14-28-20-10-9-18-22(24(20)31-15-21(28)29)23-19(4-2-12-26-23)27(18)13-3-11-25/h2,4-10,12H,3,11,13-15H2,1H3. The van der Waals surface area contributed by atoms with Gasteiger partial charge in [0.2, 0.25) is 0 Å². The highest BCUT2D eigenvalue weighted by Gasteiger charge is 2.29. The molecule has 1 amide bonds. The fourth-order valence-electron chi connectivity index (χ4n) is 4.20. The van der Waals surface area contributed by atoms with Gasteiger partial charge in [-0.05, 0) is 48.4 Å². The van der Waals surface area contributed by atoms with Crippen LogP contribution in [0.2, 0.25) is 0 Å². The third-order valence-electron chi connectivity index (χ3n) is 5.67. The summed E-state index contributed by atoms with van der Waals surface area (Å²) in [6, 6.07) is 15.4. The topological polar surface area (TPSA) is 56.6 Å². The van der Waals surface area contributed by atoms with E-state index in [1.165, 1.54) is 0 Å². The molecule has 7 heteroatoms. The zero-order valence-electron chi connectivity index (χ0n) is 17.2. The molecule has 0 bridgehead atoms. The van der Waals surface area contributed by atoms with E-state index in [1.807, 2.05) is 48.5 Å². The molecule has 0 atom stereocenters. The summed E-state index contributed by atoms with van der Waals surface area (Å²) in [5.74, 6) is 1.32. The summed E-state index contributed by atoms with van der Waals surface area (Å²) >= 11 is 0. The molecule has 3 heterocycles. The maximum absolute atomic E-state index is 12.9. The lowest BCUT2D eigenvalue weighted by atomic mass is 10.1. The molecular weight excluding hydrogens is 397 g/mol. The van der Waals surface area contributed by atoms with E-state index < -0.39 is 0 Å². The quantitative estimate of drug-likeness (QED) is 0.462. The summed E-state index contributed by atoms with van der Waals surface area (Å²) in [6.07, 6.45) is 2.16. The smallest absolute Gasteiger partial charge is 0.265 e. The van der Waals surface area contributed by atoms with Gasteiger partial charge in [0.25, 0.3) is 5.91 Å². The number of hydrogen-bond acceptors (Lipinski definition) is 4. The van der Waals surface area contributed by atoms with Gasteiger partial charge in [0.05, 0.1) is 48.0 Å². The zero-order chi connectivity index (χ0) is 21.4. The SMILES string of the molecule is COc1ccc(CN2C(=O)COc3c2ccc2c3c3ncccc3n2CCCF)cc1. The van der Waals surface area contributed by atoms with Gasteiger partial charge in [-0.3, -0.25) is 14.2 Å². The van der Waals surface area contributed by atoms with E-state index in [9.17, 15) is 9.18 Å². The molecule has 0 fully saturated rings. The number of aryl methyl sites for hydroxylation is 1. The number of carbonyl (C=O) groups is 1. The number of carbonyl (C=O) groups excluding carboxylic acids is 1. The van der Waals surface area contributed by atoms with E-state index >= 15 is 0 Å². The minimum absolute atomic E-state index is 0.0355. The maximum Gasteiger partial charge on any atom is 0.265 e. The molecule has 1 aliphatic heterocycles. The molecule has 0 spiro atoms. The van der Waals surface area contributed by atoms with Gasteiger partial charge in [-0.15, -0.1) is 0 Å². The van der Waals surface area contributed by atoms with Crippen molar-refractivity contribution >= 4 is 33.5 Å². The first-order chi connectivity index (χ1) is 15.2. The number of aromatic nitrogens is 2. The number of pyridine rings is 1. The predicted molar refractivity (Wildman–Crippen MR) is 118 cm³/mol. The van der Waals surface area contributed by atoms with Gasteiger partial charge in [0, 0.05) is 12.7 Å². The average molecular weight is 419 g/mol. The van der Waals surface area contributed by atoms with Crippen molar-refractivity contribution in [3.8, 4) is 11.5 Å². The van der Waals surface area contributed by atoms with Gasteiger partial charge in [0.1, 0.15) is 5.75 Å². The fourth-order valence-corrected chi connectivity index (χ4v) is 4.20. The number of fused-ring (bicyclic) bond motifs is 5. The molecule has 158 valence electrons. The lowest BCUT2D eigenvalue weighted by Gasteiger charge is -2.30. The summed E-state index contributed by atoms with van der Waals surface area (Å²) in [5, 5.41) is 0.860. The number of amides is 1. The summed E-state index contributed by atoms with van der Waals surface area (Å²) in [7, 11) is 1.63. The average Bonchev–Trinajstić information content (AvgIpc) is 3.13. The number of halogens is 1. The van der Waals surface area contributed by atoms with Crippen LogP contribution in [0.5, 0.6) is 11.5 Å². The van der Waals surface area contributed by atoms with Crippen molar-refractivity contribution in [2.75, 3.05) is 25.3 Å². The van der Waals surface area contributed by atoms with Crippen LogP contribution in [0, 0.1) is 0 Å². The van der Waals surface area contributed by atoms with Crippen molar-refractivity contribution < 1.29 is 18.7 Å². The van der Waals surface area contributed by atoms with Crippen LogP contribution in [-0.2, 0) is 17.9 Å². The Morgan fingerprint density at radius 3 is 2.74 bits per heavy atom. The number of alkyl halides is 1. The van der Waals surface area contributed by atoms with Crippen LogP contribution < -0.4 is 14.4 Å².